The van der Waals surface area contributed by atoms with Crippen molar-refractivity contribution >= 4 is 17.9 Å². The van der Waals surface area contributed by atoms with E-state index in [9.17, 15) is 4.79 Å². The zero-order valence-corrected chi connectivity index (χ0v) is 11.4. The van der Waals surface area contributed by atoms with Crippen LogP contribution in [0.5, 0.6) is 0 Å². The van der Waals surface area contributed by atoms with Crippen LogP contribution in [0.4, 0.5) is 0 Å². The maximum Gasteiger partial charge on any atom is 0.198 e. The lowest BCUT2D eigenvalue weighted by Gasteiger charge is -2.16. The number of hydrogen-bond acceptors (Lipinski definition) is 1. The lowest BCUT2D eigenvalue weighted by Crippen LogP contribution is -2.03. The van der Waals surface area contributed by atoms with Crippen molar-refractivity contribution in [2.24, 2.45) is 0 Å². The van der Waals surface area contributed by atoms with Crippen LogP contribution < -0.4 is 0 Å². The maximum atomic E-state index is 10.5. The molecule has 2 rings (SSSR count). The van der Waals surface area contributed by atoms with Gasteiger partial charge in [-0.05, 0) is 42.0 Å². The molecule has 0 N–H and O–H groups in total. The minimum atomic E-state index is 0.334. The van der Waals surface area contributed by atoms with Crippen LogP contribution in [0, 0.1) is 0 Å². The Bertz CT molecular complexity index is 505. The molecule has 1 unspecified atom stereocenters. The van der Waals surface area contributed by atoms with Crippen LogP contribution >= 0.6 is 11.6 Å². The molecule has 0 heterocycles. The van der Waals surface area contributed by atoms with Crippen molar-refractivity contribution in [3.8, 4) is 0 Å². The molecular weight excluding hydrogens is 256 g/mol. The number of rotatable bonds is 6. The molecule has 97 valence electrons. The second-order valence-electron chi connectivity index (χ2n) is 4.62. The summed E-state index contributed by atoms with van der Waals surface area (Å²) in [4.78, 5) is 10.5. The molecule has 1 nitrogen and oxygen atoms in total. The Labute approximate surface area is 119 Å². The predicted molar refractivity (Wildman–Crippen MR) is 79.3 cm³/mol. The number of benzene rings is 2. The van der Waals surface area contributed by atoms with Gasteiger partial charge in [0.05, 0.1) is 0 Å². The van der Waals surface area contributed by atoms with Crippen molar-refractivity contribution in [2.75, 3.05) is 0 Å². The van der Waals surface area contributed by atoms with E-state index in [1.54, 1.807) is 0 Å². The van der Waals surface area contributed by atoms with Crippen LogP contribution in [0.25, 0.3) is 0 Å². The van der Waals surface area contributed by atoms with Gasteiger partial charge in [0.15, 0.2) is 6.29 Å². The lowest BCUT2D eigenvalue weighted by atomic mass is 9.88. The SMILES string of the molecule is O=[C]CCC(Cc1ccccc1)c1ccc(Cl)cc1. The second-order valence-corrected chi connectivity index (χ2v) is 5.06. The molecule has 0 spiro atoms. The van der Waals surface area contributed by atoms with Gasteiger partial charge in [-0.2, -0.15) is 0 Å². The summed E-state index contributed by atoms with van der Waals surface area (Å²) in [5.41, 5.74) is 2.51. The molecule has 0 aromatic heterocycles. The van der Waals surface area contributed by atoms with Gasteiger partial charge in [-0.3, -0.25) is 4.79 Å². The number of halogens is 1. The Morgan fingerprint density at radius 2 is 1.68 bits per heavy atom. The molecule has 19 heavy (non-hydrogen) atoms. The Hall–Kier alpha value is -1.60. The minimum Gasteiger partial charge on any atom is -0.291 e. The molecule has 0 amide bonds. The average molecular weight is 272 g/mol. The van der Waals surface area contributed by atoms with Gasteiger partial charge in [-0.25, -0.2) is 0 Å². The molecule has 1 radical (unpaired) electrons. The van der Waals surface area contributed by atoms with Crippen molar-refractivity contribution in [2.45, 2.75) is 25.2 Å². The summed E-state index contributed by atoms with van der Waals surface area (Å²) >= 11 is 5.92. The van der Waals surface area contributed by atoms with E-state index in [0.717, 1.165) is 17.9 Å². The molecule has 0 saturated heterocycles. The standard InChI is InChI=1S/C17H16ClO/c18-17-10-8-15(9-11-17)16(7-4-12-19)13-14-5-2-1-3-6-14/h1-3,5-6,8-11,16H,4,7,13H2. The van der Waals surface area contributed by atoms with Gasteiger partial charge in [0, 0.05) is 11.4 Å². The topological polar surface area (TPSA) is 17.1 Å². The van der Waals surface area contributed by atoms with E-state index in [1.165, 1.54) is 11.1 Å². The van der Waals surface area contributed by atoms with Crippen LogP contribution in [-0.2, 0) is 11.2 Å². The minimum absolute atomic E-state index is 0.334. The smallest absolute Gasteiger partial charge is 0.198 e. The van der Waals surface area contributed by atoms with Gasteiger partial charge in [0.25, 0.3) is 0 Å². The summed E-state index contributed by atoms with van der Waals surface area (Å²) in [5, 5.41) is 0.740. The summed E-state index contributed by atoms with van der Waals surface area (Å²) in [7, 11) is 0. The van der Waals surface area contributed by atoms with E-state index in [1.807, 2.05) is 48.8 Å². The first kappa shape index (κ1) is 13.8. The molecule has 0 aliphatic heterocycles. The third-order valence-electron chi connectivity index (χ3n) is 3.26. The van der Waals surface area contributed by atoms with Gasteiger partial charge in [0.2, 0.25) is 0 Å². The van der Waals surface area contributed by atoms with Crippen LogP contribution in [-0.4, -0.2) is 6.29 Å². The first-order chi connectivity index (χ1) is 9.29. The molecule has 0 bridgehead atoms. The Balaban J connectivity index is 2.15. The highest BCUT2D eigenvalue weighted by molar-refractivity contribution is 6.30. The Morgan fingerprint density at radius 1 is 1.00 bits per heavy atom. The van der Waals surface area contributed by atoms with Crippen molar-refractivity contribution in [3.05, 3.63) is 70.7 Å². The van der Waals surface area contributed by atoms with Crippen molar-refractivity contribution in [1.82, 2.24) is 0 Å². The van der Waals surface area contributed by atoms with E-state index < -0.39 is 0 Å². The van der Waals surface area contributed by atoms with Crippen molar-refractivity contribution in [3.63, 3.8) is 0 Å². The maximum absolute atomic E-state index is 10.5. The lowest BCUT2D eigenvalue weighted by molar-refractivity contribution is 0.539. The van der Waals surface area contributed by atoms with E-state index in [2.05, 4.69) is 12.1 Å². The van der Waals surface area contributed by atoms with Crippen LogP contribution in [0.3, 0.4) is 0 Å². The quantitative estimate of drug-likeness (QED) is 0.753. The van der Waals surface area contributed by atoms with Gasteiger partial charge in [-0.1, -0.05) is 54.1 Å². The highest BCUT2D eigenvalue weighted by atomic mass is 35.5. The summed E-state index contributed by atoms with van der Waals surface area (Å²) in [6.45, 7) is 0. The molecule has 2 aromatic carbocycles. The number of hydrogen-bond donors (Lipinski definition) is 0. The molecule has 0 saturated carbocycles. The fourth-order valence-corrected chi connectivity index (χ4v) is 2.38. The highest BCUT2D eigenvalue weighted by Gasteiger charge is 2.12. The van der Waals surface area contributed by atoms with Gasteiger partial charge < -0.3 is 0 Å². The predicted octanol–water partition coefficient (Wildman–Crippen LogP) is 4.56. The second kappa shape index (κ2) is 7.10. The van der Waals surface area contributed by atoms with E-state index in [-0.39, 0.29) is 0 Å². The first-order valence-electron chi connectivity index (χ1n) is 6.44. The molecule has 2 heteroatoms. The zero-order chi connectivity index (χ0) is 13.5. The normalized spacial score (nSPS) is 12.1. The van der Waals surface area contributed by atoms with Crippen molar-refractivity contribution in [1.29, 1.82) is 0 Å². The average Bonchev–Trinajstić information content (AvgIpc) is 2.45. The molecular formula is C17H16ClO. The first-order valence-corrected chi connectivity index (χ1v) is 6.82. The van der Waals surface area contributed by atoms with E-state index >= 15 is 0 Å². The summed E-state index contributed by atoms with van der Waals surface area (Å²) < 4.78 is 0. The van der Waals surface area contributed by atoms with E-state index in [0.29, 0.717) is 12.3 Å². The summed E-state index contributed by atoms with van der Waals surface area (Å²) in [6, 6.07) is 18.2. The van der Waals surface area contributed by atoms with Gasteiger partial charge in [-0.15, -0.1) is 0 Å². The fourth-order valence-electron chi connectivity index (χ4n) is 2.25. The fraction of sp³-hybridized carbons (Fsp3) is 0.235. The van der Waals surface area contributed by atoms with Gasteiger partial charge >= 0.3 is 0 Å². The van der Waals surface area contributed by atoms with Crippen LogP contribution in [0.1, 0.15) is 29.9 Å². The monoisotopic (exact) mass is 271 g/mol. The van der Waals surface area contributed by atoms with Gasteiger partial charge in [0.1, 0.15) is 0 Å². The summed E-state index contributed by atoms with van der Waals surface area (Å²) in [5.74, 6) is 0.334. The third kappa shape index (κ3) is 4.22. The Morgan fingerprint density at radius 3 is 2.32 bits per heavy atom. The molecule has 0 aliphatic carbocycles. The molecule has 0 fully saturated rings. The third-order valence-corrected chi connectivity index (χ3v) is 3.51. The molecule has 1 atom stereocenters. The van der Waals surface area contributed by atoms with Crippen LogP contribution in [0.15, 0.2) is 54.6 Å². The molecule has 2 aromatic rings. The van der Waals surface area contributed by atoms with Crippen molar-refractivity contribution < 1.29 is 4.79 Å². The Kier molecular flexibility index (Phi) is 5.17. The van der Waals surface area contributed by atoms with E-state index in [4.69, 9.17) is 11.6 Å². The van der Waals surface area contributed by atoms with Crippen LogP contribution in [0.2, 0.25) is 5.02 Å². The number of carbonyl (C=O) groups excluding carboxylic acids is 1. The summed E-state index contributed by atoms with van der Waals surface area (Å²) in [6.07, 6.45) is 4.22. The zero-order valence-electron chi connectivity index (χ0n) is 10.7. The largest absolute Gasteiger partial charge is 0.291 e. The molecule has 0 aliphatic rings. The highest BCUT2D eigenvalue weighted by Crippen LogP contribution is 2.26.